The summed E-state index contributed by atoms with van der Waals surface area (Å²) in [4.78, 5) is 0.820. The van der Waals surface area contributed by atoms with E-state index >= 15 is 0 Å². The van der Waals surface area contributed by atoms with Gasteiger partial charge in [0.05, 0.1) is 12.1 Å². The number of benzene rings is 2. The lowest BCUT2D eigenvalue weighted by Crippen LogP contribution is -2.00. The van der Waals surface area contributed by atoms with Gasteiger partial charge in [0.2, 0.25) is 0 Å². The van der Waals surface area contributed by atoms with Crippen LogP contribution >= 0.6 is 24.0 Å². The van der Waals surface area contributed by atoms with Gasteiger partial charge in [-0.1, -0.05) is 42.5 Å². The van der Waals surface area contributed by atoms with Crippen molar-refractivity contribution in [3.63, 3.8) is 0 Å². The maximum absolute atomic E-state index is 5.47. The molecule has 0 radical (unpaired) electrons. The van der Waals surface area contributed by atoms with Crippen LogP contribution in [0.5, 0.6) is 5.75 Å². The zero-order valence-corrected chi connectivity index (χ0v) is 13.6. The lowest BCUT2D eigenvalue weighted by atomic mass is 10.1. The van der Waals surface area contributed by atoms with E-state index in [0.29, 0.717) is 0 Å². The summed E-state index contributed by atoms with van der Waals surface area (Å²) in [5.41, 5.74) is 2.06. The molecule has 0 bridgehead atoms. The highest BCUT2D eigenvalue weighted by Crippen LogP contribution is 2.21. The number of methoxy groups -OCH3 is 1. The summed E-state index contributed by atoms with van der Waals surface area (Å²) in [5.74, 6) is 0.843. The number of anilines is 1. The molecular formula is C17H17NOS2. The molecule has 0 heterocycles. The molecule has 0 unspecified atom stereocenters. The Labute approximate surface area is 135 Å². The molecule has 0 aromatic heterocycles. The second-order valence-corrected chi connectivity index (χ2v) is 5.58. The smallest absolute Gasteiger partial charge is 0.119 e. The van der Waals surface area contributed by atoms with Crippen molar-refractivity contribution in [2.45, 2.75) is 0 Å². The van der Waals surface area contributed by atoms with E-state index in [4.69, 9.17) is 17.0 Å². The van der Waals surface area contributed by atoms with Crippen LogP contribution in [0.25, 0.3) is 0 Å². The molecule has 0 fully saturated rings. The Morgan fingerprint density at radius 3 is 2.33 bits per heavy atom. The lowest BCUT2D eigenvalue weighted by Gasteiger charge is -2.10. The molecule has 1 N–H and O–H groups in total. The SMILES string of the molecule is COc1ccc(N/C(=C\C(=S)c2ccccc2)SC)cc1. The molecule has 21 heavy (non-hydrogen) atoms. The van der Waals surface area contributed by atoms with Crippen LogP contribution in [-0.4, -0.2) is 18.2 Å². The van der Waals surface area contributed by atoms with Crippen LogP contribution in [0, 0.1) is 0 Å². The molecule has 0 amide bonds. The molecule has 0 aliphatic heterocycles. The summed E-state index contributed by atoms with van der Waals surface area (Å²) in [6, 6.07) is 17.8. The van der Waals surface area contributed by atoms with Gasteiger partial charge in [-0.2, -0.15) is 0 Å². The summed E-state index contributed by atoms with van der Waals surface area (Å²) in [6.45, 7) is 0. The van der Waals surface area contributed by atoms with E-state index in [9.17, 15) is 0 Å². The van der Waals surface area contributed by atoms with Crippen LogP contribution in [0.2, 0.25) is 0 Å². The third-order valence-corrected chi connectivity index (χ3v) is 3.91. The van der Waals surface area contributed by atoms with Gasteiger partial charge in [0.25, 0.3) is 0 Å². The van der Waals surface area contributed by atoms with Crippen LogP contribution in [0.1, 0.15) is 5.56 Å². The fraction of sp³-hybridized carbons (Fsp3) is 0.118. The van der Waals surface area contributed by atoms with E-state index < -0.39 is 0 Å². The van der Waals surface area contributed by atoms with Crippen LogP contribution in [0.4, 0.5) is 5.69 Å². The Hall–Kier alpha value is -1.78. The van der Waals surface area contributed by atoms with E-state index in [1.54, 1.807) is 18.9 Å². The van der Waals surface area contributed by atoms with Gasteiger partial charge in [-0.25, -0.2) is 0 Å². The van der Waals surface area contributed by atoms with Crippen LogP contribution in [-0.2, 0) is 0 Å². The zero-order chi connectivity index (χ0) is 15.1. The summed E-state index contributed by atoms with van der Waals surface area (Å²) in [7, 11) is 1.66. The van der Waals surface area contributed by atoms with E-state index in [0.717, 1.165) is 26.9 Å². The lowest BCUT2D eigenvalue weighted by molar-refractivity contribution is 0.415. The largest absolute Gasteiger partial charge is 0.497 e. The number of hydrogen-bond acceptors (Lipinski definition) is 4. The quantitative estimate of drug-likeness (QED) is 0.472. The highest BCUT2D eigenvalue weighted by molar-refractivity contribution is 8.02. The third kappa shape index (κ3) is 4.62. The molecule has 4 heteroatoms. The van der Waals surface area contributed by atoms with E-state index in [1.807, 2.05) is 66.9 Å². The minimum atomic E-state index is 0.820. The summed E-state index contributed by atoms with van der Waals surface area (Å²) in [5, 5.41) is 4.37. The molecule has 2 rings (SSSR count). The predicted molar refractivity (Wildman–Crippen MR) is 96.4 cm³/mol. The fourth-order valence-electron chi connectivity index (χ4n) is 1.77. The van der Waals surface area contributed by atoms with Crippen LogP contribution < -0.4 is 10.1 Å². The molecule has 0 saturated heterocycles. The molecule has 2 aromatic carbocycles. The first-order valence-electron chi connectivity index (χ1n) is 6.49. The number of thioether (sulfide) groups is 1. The fourth-order valence-corrected chi connectivity index (χ4v) is 2.55. The topological polar surface area (TPSA) is 21.3 Å². The van der Waals surface area contributed by atoms with E-state index in [1.165, 1.54) is 0 Å². The van der Waals surface area contributed by atoms with Crippen molar-refractivity contribution >= 4 is 34.5 Å². The summed E-state index contributed by atoms with van der Waals surface area (Å²) in [6.07, 6.45) is 4.01. The van der Waals surface area contributed by atoms with Crippen LogP contribution in [0.15, 0.2) is 65.7 Å². The van der Waals surface area contributed by atoms with Gasteiger partial charge in [0.15, 0.2) is 0 Å². The van der Waals surface area contributed by atoms with Crippen molar-refractivity contribution in [2.75, 3.05) is 18.7 Å². The number of thiocarbonyl (C=S) groups is 1. The minimum Gasteiger partial charge on any atom is -0.497 e. The molecule has 0 atom stereocenters. The maximum Gasteiger partial charge on any atom is 0.119 e. The molecule has 0 aliphatic carbocycles. The molecule has 0 spiro atoms. The first-order valence-corrected chi connectivity index (χ1v) is 8.12. The zero-order valence-electron chi connectivity index (χ0n) is 12.0. The number of nitrogens with one attached hydrogen (secondary N) is 1. The molecule has 108 valence electrons. The first-order chi connectivity index (χ1) is 10.2. The predicted octanol–water partition coefficient (Wildman–Crippen LogP) is 4.73. The van der Waals surface area contributed by atoms with Crippen molar-refractivity contribution in [2.24, 2.45) is 0 Å². The molecule has 0 saturated carbocycles. The number of allylic oxidation sites excluding steroid dienone is 1. The average Bonchev–Trinajstić information content (AvgIpc) is 2.55. The second kappa shape index (κ2) is 7.86. The van der Waals surface area contributed by atoms with Gasteiger partial charge in [0, 0.05) is 10.6 Å². The molecule has 2 nitrogen and oxygen atoms in total. The highest BCUT2D eigenvalue weighted by Gasteiger charge is 2.02. The Kier molecular flexibility index (Phi) is 5.84. The Balaban J connectivity index is 2.11. The summed E-state index contributed by atoms with van der Waals surface area (Å²) < 4.78 is 5.15. The first kappa shape index (κ1) is 15.6. The number of ether oxygens (including phenoxy) is 1. The van der Waals surface area contributed by atoms with Crippen LogP contribution in [0.3, 0.4) is 0 Å². The Morgan fingerprint density at radius 2 is 1.76 bits per heavy atom. The van der Waals surface area contributed by atoms with Gasteiger partial charge >= 0.3 is 0 Å². The highest BCUT2D eigenvalue weighted by atomic mass is 32.2. The van der Waals surface area contributed by atoms with E-state index in [-0.39, 0.29) is 0 Å². The van der Waals surface area contributed by atoms with Crippen molar-refractivity contribution in [1.82, 2.24) is 0 Å². The Morgan fingerprint density at radius 1 is 1.10 bits per heavy atom. The molecule has 0 aliphatic rings. The Bertz CT molecular complexity index is 621. The van der Waals surface area contributed by atoms with Gasteiger partial charge in [-0.3, -0.25) is 0 Å². The normalized spacial score (nSPS) is 11.0. The van der Waals surface area contributed by atoms with Gasteiger partial charge in [-0.15, -0.1) is 11.8 Å². The second-order valence-electron chi connectivity index (χ2n) is 4.30. The van der Waals surface area contributed by atoms with Crippen molar-refractivity contribution in [3.05, 3.63) is 71.3 Å². The van der Waals surface area contributed by atoms with Gasteiger partial charge in [-0.05, 0) is 42.2 Å². The number of rotatable bonds is 6. The van der Waals surface area contributed by atoms with Gasteiger partial charge < -0.3 is 10.1 Å². The third-order valence-electron chi connectivity index (χ3n) is 2.90. The summed E-state index contributed by atoms with van der Waals surface area (Å²) >= 11 is 7.10. The van der Waals surface area contributed by atoms with Crippen molar-refractivity contribution in [1.29, 1.82) is 0 Å². The van der Waals surface area contributed by atoms with E-state index in [2.05, 4.69) is 5.32 Å². The van der Waals surface area contributed by atoms with Gasteiger partial charge in [0.1, 0.15) is 5.75 Å². The maximum atomic E-state index is 5.47. The standard InChI is InChI=1S/C17H17NOS2/c1-19-15-10-8-14(9-11-15)18-17(21-2)12-16(20)13-6-4-3-5-7-13/h3-12,18H,1-2H3/b17-12+. The number of hydrogen-bond donors (Lipinski definition) is 1. The molecular weight excluding hydrogens is 298 g/mol. The van der Waals surface area contributed by atoms with Crippen molar-refractivity contribution in [3.8, 4) is 5.75 Å². The monoisotopic (exact) mass is 315 g/mol. The van der Waals surface area contributed by atoms with Crippen molar-refractivity contribution < 1.29 is 4.74 Å². The average molecular weight is 315 g/mol. The minimum absolute atomic E-state index is 0.820. The molecule has 2 aromatic rings.